The fourth-order valence-corrected chi connectivity index (χ4v) is 4.00. The number of halogens is 8. The van der Waals surface area contributed by atoms with E-state index >= 15 is 0 Å². The van der Waals surface area contributed by atoms with E-state index in [1.807, 2.05) is 0 Å². The number of hydrazone groups is 1. The van der Waals surface area contributed by atoms with Crippen LogP contribution in [0.5, 0.6) is 0 Å². The van der Waals surface area contributed by atoms with Gasteiger partial charge in [-0.3, -0.25) is 5.01 Å². The summed E-state index contributed by atoms with van der Waals surface area (Å²) < 4.78 is 94.3. The Balaban J connectivity index is 1.78. The van der Waals surface area contributed by atoms with Crippen LogP contribution in [0.4, 0.5) is 36.4 Å². The molecule has 0 radical (unpaired) electrons. The molecule has 12 heteroatoms. The van der Waals surface area contributed by atoms with Crippen LogP contribution in [0.2, 0.25) is 5.02 Å². The average molecular weight is 518 g/mol. The van der Waals surface area contributed by atoms with Crippen LogP contribution < -0.4 is 5.01 Å². The van der Waals surface area contributed by atoms with Crippen LogP contribution in [-0.4, -0.2) is 33.8 Å². The maximum Gasteiger partial charge on any atom is 0.431 e. The minimum Gasteiger partial charge on any atom is -0.369 e. The highest BCUT2D eigenvalue weighted by molar-refractivity contribution is 6.33. The molecule has 2 heterocycles. The van der Waals surface area contributed by atoms with Crippen LogP contribution in [0.1, 0.15) is 18.0 Å². The molecule has 2 aromatic carbocycles. The van der Waals surface area contributed by atoms with Gasteiger partial charge in [-0.15, -0.1) is 0 Å². The molecule has 1 atom stereocenters. The van der Waals surface area contributed by atoms with Crippen molar-refractivity contribution in [1.82, 2.24) is 4.98 Å². The molecule has 35 heavy (non-hydrogen) atoms. The Morgan fingerprint density at radius 2 is 1.46 bits per heavy atom. The van der Waals surface area contributed by atoms with E-state index in [1.165, 1.54) is 48.7 Å². The molecule has 1 aliphatic heterocycles. The predicted molar refractivity (Wildman–Crippen MR) is 115 cm³/mol. The first kappa shape index (κ1) is 24.9. The smallest absolute Gasteiger partial charge is 0.369 e. The zero-order valence-corrected chi connectivity index (χ0v) is 18.2. The lowest BCUT2D eigenvalue weighted by Crippen LogP contribution is -2.62. The van der Waals surface area contributed by atoms with E-state index < -0.39 is 42.1 Å². The number of rotatable bonds is 4. The first-order valence-electron chi connectivity index (χ1n) is 10.0. The van der Waals surface area contributed by atoms with Crippen molar-refractivity contribution in [2.45, 2.75) is 30.4 Å². The second-order valence-corrected chi connectivity index (χ2v) is 8.17. The van der Waals surface area contributed by atoms with E-state index in [2.05, 4.69) is 10.1 Å². The zero-order chi connectivity index (χ0) is 25.6. The highest BCUT2D eigenvalue weighted by Gasteiger charge is 2.74. The Morgan fingerprint density at radius 3 is 2.00 bits per heavy atom. The molecule has 1 N–H and O–H groups in total. The highest BCUT2D eigenvalue weighted by Crippen LogP contribution is 2.49. The van der Waals surface area contributed by atoms with Crippen molar-refractivity contribution >= 4 is 23.0 Å². The van der Waals surface area contributed by atoms with Crippen LogP contribution in [0.3, 0.4) is 0 Å². The van der Waals surface area contributed by atoms with Crippen molar-refractivity contribution < 1.29 is 35.8 Å². The monoisotopic (exact) mass is 517 g/mol. The number of nitrogens with zero attached hydrogens (tertiary/aromatic N) is 3. The van der Waals surface area contributed by atoms with Crippen molar-refractivity contribution in [2.24, 2.45) is 5.10 Å². The summed E-state index contributed by atoms with van der Waals surface area (Å²) in [4.78, 5) is 3.55. The number of benzene rings is 2. The standard InChI is InChI=1S/C23H15ClF7N3O/c24-16-3-1-2-4-17(16)34-18(11-19(33-34)21(35,22(26,27)28)23(29,30)31)14-7-5-13(6-8-14)15-9-10-20(25)32-12-15/h1-10,12,18,35H,11H2. The lowest BCUT2D eigenvalue weighted by molar-refractivity contribution is -0.338. The van der Waals surface area contributed by atoms with E-state index in [4.69, 9.17) is 11.6 Å². The van der Waals surface area contributed by atoms with Gasteiger partial charge in [0.25, 0.3) is 5.60 Å². The summed E-state index contributed by atoms with van der Waals surface area (Å²) in [6.07, 6.45) is -11.7. The average Bonchev–Trinajstić information content (AvgIpc) is 3.23. The quantitative estimate of drug-likeness (QED) is 0.309. The number of aliphatic hydroxyl groups is 1. The van der Waals surface area contributed by atoms with Crippen molar-refractivity contribution in [1.29, 1.82) is 0 Å². The lowest BCUT2D eigenvalue weighted by Gasteiger charge is -2.32. The van der Waals surface area contributed by atoms with Gasteiger partial charge in [0.1, 0.15) is 0 Å². The van der Waals surface area contributed by atoms with Gasteiger partial charge in [-0.1, -0.05) is 48.0 Å². The van der Waals surface area contributed by atoms with Crippen LogP contribution in [0.15, 0.2) is 72.0 Å². The van der Waals surface area contributed by atoms with Gasteiger partial charge < -0.3 is 5.11 Å². The number of hydrogen-bond acceptors (Lipinski definition) is 4. The van der Waals surface area contributed by atoms with E-state index in [-0.39, 0.29) is 10.7 Å². The minimum absolute atomic E-state index is 0.0408. The molecular weight excluding hydrogens is 503 g/mol. The normalized spacial score (nSPS) is 17.0. The molecule has 1 unspecified atom stereocenters. The van der Waals surface area contributed by atoms with Gasteiger partial charge in [-0.05, 0) is 35.4 Å². The Hall–Kier alpha value is -3.18. The van der Waals surface area contributed by atoms with Crippen molar-refractivity contribution in [3.63, 3.8) is 0 Å². The van der Waals surface area contributed by atoms with Crippen LogP contribution in [-0.2, 0) is 0 Å². The van der Waals surface area contributed by atoms with Crippen molar-refractivity contribution in [2.75, 3.05) is 5.01 Å². The minimum atomic E-state index is -6.06. The zero-order valence-electron chi connectivity index (χ0n) is 17.4. The molecule has 0 fully saturated rings. The number of para-hydroxylation sites is 1. The van der Waals surface area contributed by atoms with E-state index in [9.17, 15) is 35.8 Å². The van der Waals surface area contributed by atoms with Crippen LogP contribution in [0, 0.1) is 5.95 Å². The van der Waals surface area contributed by atoms with Gasteiger partial charge in [0.15, 0.2) is 0 Å². The SMILES string of the molecule is OC(C1=NN(c2ccccc2Cl)C(c2ccc(-c3ccc(F)nc3)cc2)C1)(C(F)(F)F)C(F)(F)F. The summed E-state index contributed by atoms with van der Waals surface area (Å²) in [6, 6.07) is 13.4. The summed E-state index contributed by atoms with van der Waals surface area (Å²) in [5.74, 6) is -0.682. The summed E-state index contributed by atoms with van der Waals surface area (Å²) in [5.41, 5.74) is -5.13. The fourth-order valence-electron chi connectivity index (χ4n) is 3.78. The van der Waals surface area contributed by atoms with Gasteiger partial charge in [0, 0.05) is 18.2 Å². The fraction of sp³-hybridized carbons (Fsp3) is 0.217. The highest BCUT2D eigenvalue weighted by atomic mass is 35.5. The third-order valence-electron chi connectivity index (χ3n) is 5.60. The Bertz CT molecular complexity index is 1230. The number of hydrogen-bond donors (Lipinski definition) is 1. The Labute approximate surface area is 199 Å². The predicted octanol–water partition coefficient (Wildman–Crippen LogP) is 6.70. The van der Waals surface area contributed by atoms with Gasteiger partial charge in [-0.25, -0.2) is 4.98 Å². The molecule has 0 spiro atoms. The molecule has 0 aliphatic carbocycles. The first-order chi connectivity index (χ1) is 16.3. The Morgan fingerprint density at radius 1 is 0.857 bits per heavy atom. The van der Waals surface area contributed by atoms with E-state index in [0.29, 0.717) is 16.7 Å². The summed E-state index contributed by atoms with van der Waals surface area (Å²) in [5, 5.41) is 14.5. The molecule has 184 valence electrons. The van der Waals surface area contributed by atoms with Crippen LogP contribution in [0.25, 0.3) is 11.1 Å². The molecule has 0 saturated carbocycles. The third-order valence-corrected chi connectivity index (χ3v) is 5.92. The molecule has 4 rings (SSSR count). The molecule has 1 aliphatic rings. The van der Waals surface area contributed by atoms with Gasteiger partial charge in [0.05, 0.1) is 22.5 Å². The number of pyridine rings is 1. The molecule has 0 saturated heterocycles. The van der Waals surface area contributed by atoms with Gasteiger partial charge >= 0.3 is 12.4 Å². The third kappa shape index (κ3) is 4.45. The van der Waals surface area contributed by atoms with E-state index in [1.54, 1.807) is 12.1 Å². The molecular formula is C23H15ClF7N3O. The van der Waals surface area contributed by atoms with Crippen molar-refractivity contribution in [3.05, 3.63) is 83.4 Å². The summed E-state index contributed by atoms with van der Waals surface area (Å²) in [7, 11) is 0. The number of anilines is 1. The summed E-state index contributed by atoms with van der Waals surface area (Å²) >= 11 is 6.16. The topological polar surface area (TPSA) is 48.7 Å². The Kier molecular flexibility index (Phi) is 6.26. The van der Waals surface area contributed by atoms with Crippen molar-refractivity contribution in [3.8, 4) is 11.1 Å². The molecule has 0 bridgehead atoms. The maximum absolute atomic E-state index is 13.5. The number of aromatic nitrogens is 1. The van der Waals surface area contributed by atoms with E-state index in [0.717, 1.165) is 11.1 Å². The number of alkyl halides is 6. The second kappa shape index (κ2) is 8.80. The first-order valence-corrected chi connectivity index (χ1v) is 10.4. The maximum atomic E-state index is 13.5. The largest absolute Gasteiger partial charge is 0.431 e. The van der Waals surface area contributed by atoms with Gasteiger partial charge in [0.2, 0.25) is 5.95 Å². The van der Waals surface area contributed by atoms with Crippen LogP contribution >= 0.6 is 11.6 Å². The molecule has 4 nitrogen and oxygen atoms in total. The lowest BCUT2D eigenvalue weighted by atomic mass is 9.89. The van der Waals surface area contributed by atoms with Gasteiger partial charge in [-0.2, -0.15) is 35.8 Å². The second-order valence-electron chi connectivity index (χ2n) is 7.76. The summed E-state index contributed by atoms with van der Waals surface area (Å²) in [6.45, 7) is 0. The molecule has 3 aromatic rings. The molecule has 0 amide bonds. The molecule has 1 aromatic heterocycles.